The van der Waals surface area contributed by atoms with Crippen LogP contribution in [0.5, 0.6) is 0 Å². The van der Waals surface area contributed by atoms with Gasteiger partial charge in [-0.3, -0.25) is 18.4 Å². The number of hydrogen-bond donors (Lipinski definition) is 6. The third kappa shape index (κ3) is 4.20. The second-order valence-corrected chi connectivity index (χ2v) is 17.3. The summed E-state index contributed by atoms with van der Waals surface area (Å²) in [6.45, 7) is -3.36. The van der Waals surface area contributed by atoms with Gasteiger partial charge in [0.15, 0.2) is 22.6 Å². The SMILES string of the molecule is Cc1nc2c(ncn2[C@H]2[C@H](O)[C@@H]3OP(=O)(O)OC[C@@H]4[C@@H](O[P@@](=O)(S)OCC35C[C@H]25)[C@@H](O)C2(n3cnc5c(N)ncnc53)C[C@@H]42)c(=O)[nH]1. The quantitative estimate of drug-likeness (QED) is 0.122. The van der Waals surface area contributed by atoms with Crippen LogP contribution in [0.25, 0.3) is 22.3 Å². The number of aliphatic hydroxyl groups is 2. The van der Waals surface area contributed by atoms with Crippen molar-refractivity contribution in [2.75, 3.05) is 18.9 Å². The van der Waals surface area contributed by atoms with Gasteiger partial charge >= 0.3 is 14.6 Å². The highest BCUT2D eigenvalue weighted by Crippen LogP contribution is 2.74. The van der Waals surface area contributed by atoms with E-state index in [4.69, 9.17) is 23.8 Å². The molecule has 0 amide bonds. The summed E-state index contributed by atoms with van der Waals surface area (Å²) >= 11 is 4.25. The summed E-state index contributed by atoms with van der Waals surface area (Å²) < 4.78 is 53.5. The molecular weight excluding hydrogens is 680 g/mol. The molecule has 22 heteroatoms. The van der Waals surface area contributed by atoms with Crippen molar-refractivity contribution in [1.82, 2.24) is 39.0 Å². The van der Waals surface area contributed by atoms with Crippen molar-refractivity contribution >= 4 is 55.0 Å². The number of phosphoric ester groups is 1. The Balaban J connectivity index is 1.05. The predicted molar refractivity (Wildman–Crippen MR) is 162 cm³/mol. The number of phosphoric acid groups is 1. The van der Waals surface area contributed by atoms with E-state index in [-0.39, 0.29) is 29.5 Å². The Hall–Kier alpha value is -2.77. The van der Waals surface area contributed by atoms with E-state index < -0.39 is 80.0 Å². The lowest BCUT2D eigenvalue weighted by atomic mass is 10.0. The first-order valence-electron chi connectivity index (χ1n) is 14.8. The minimum absolute atomic E-state index is 0.0610. The number of nitrogen functional groups attached to an aromatic ring is 1. The van der Waals surface area contributed by atoms with E-state index in [1.807, 2.05) is 0 Å². The average Bonchev–Trinajstić information content (AvgIpc) is 3.72. The molecule has 4 aliphatic carbocycles. The largest absolute Gasteiger partial charge is 0.472 e. The molecule has 4 saturated carbocycles. The van der Waals surface area contributed by atoms with E-state index in [1.165, 1.54) is 19.0 Å². The molecule has 5 fully saturated rings. The highest BCUT2D eigenvalue weighted by atomic mass is 32.7. The molecule has 5 aliphatic rings. The number of aliphatic hydroxyl groups excluding tert-OH is 2. The molecule has 19 nitrogen and oxygen atoms in total. The average molecular weight is 710 g/mol. The molecule has 0 radical (unpaired) electrons. The second-order valence-electron chi connectivity index (χ2n) is 13.1. The summed E-state index contributed by atoms with van der Waals surface area (Å²) in [7, 11) is -4.86. The first-order chi connectivity index (χ1) is 22.3. The van der Waals surface area contributed by atoms with Gasteiger partial charge in [0, 0.05) is 11.3 Å². The summed E-state index contributed by atoms with van der Waals surface area (Å²) in [5.74, 6) is -1.09. The van der Waals surface area contributed by atoms with Crippen LogP contribution in [0, 0.1) is 30.1 Å². The van der Waals surface area contributed by atoms with Crippen molar-refractivity contribution in [3.8, 4) is 0 Å². The Labute approximate surface area is 269 Å². The third-order valence-electron chi connectivity index (χ3n) is 10.7. The fourth-order valence-electron chi connectivity index (χ4n) is 8.49. The first kappa shape index (κ1) is 30.3. The number of nitrogens with zero attached hydrogens (tertiary/aromatic N) is 7. The lowest BCUT2D eigenvalue weighted by molar-refractivity contribution is -0.0502. The predicted octanol–water partition coefficient (Wildman–Crippen LogP) is 0.433. The van der Waals surface area contributed by atoms with Gasteiger partial charge in [-0.1, -0.05) is 12.2 Å². The second kappa shape index (κ2) is 9.68. The Morgan fingerprint density at radius 3 is 2.66 bits per heavy atom. The van der Waals surface area contributed by atoms with Crippen molar-refractivity contribution in [3.05, 3.63) is 35.2 Å². The maximum Gasteiger partial charge on any atom is 0.472 e. The van der Waals surface area contributed by atoms with Gasteiger partial charge in [-0.2, -0.15) is 0 Å². The summed E-state index contributed by atoms with van der Waals surface area (Å²) in [5.41, 5.74) is 4.37. The minimum Gasteiger partial charge on any atom is -0.388 e. The van der Waals surface area contributed by atoms with Gasteiger partial charge in [0.25, 0.3) is 5.56 Å². The van der Waals surface area contributed by atoms with Crippen molar-refractivity contribution < 1.29 is 42.3 Å². The first-order valence-corrected chi connectivity index (χ1v) is 19.0. The van der Waals surface area contributed by atoms with E-state index in [0.717, 1.165) is 0 Å². The number of anilines is 1. The number of aromatic amines is 1. The van der Waals surface area contributed by atoms with E-state index in [0.29, 0.717) is 29.8 Å². The van der Waals surface area contributed by atoms with Crippen LogP contribution in [0.2, 0.25) is 0 Å². The number of nitrogens with two attached hydrogens (primary N) is 1. The van der Waals surface area contributed by atoms with Crippen LogP contribution in [0.1, 0.15) is 24.7 Å². The van der Waals surface area contributed by atoms with Gasteiger partial charge in [-0.15, -0.1) is 0 Å². The lowest BCUT2D eigenvalue weighted by Gasteiger charge is -2.33. The number of thiol groups is 1. The molecule has 0 aromatic carbocycles. The monoisotopic (exact) mass is 709 g/mol. The maximum absolute atomic E-state index is 13.8. The van der Waals surface area contributed by atoms with Gasteiger partial charge in [-0.05, 0) is 31.6 Å². The standard InChI is InChI=1S/C25H29N9O10P2S/c1-9-31-22-14(23(37)32-9)29-7-33(22)15-12-2-24(12)5-42-46(40,47)43-17-10(4-41-45(38,39)44-19(24)16(15)35)11-3-25(11,18(17)36)34-8-30-13-20(26)27-6-28-21(13)34/h6-8,10-12,15-19,35-36H,2-5H2,1H3,(H,38,39)(H,40,47)(H2,26,27,28)(H,31,32,37)/t10-,11-,12+,15+,16-,17+,18+,19-,24?,25?,46-/m0/s1. The van der Waals surface area contributed by atoms with Gasteiger partial charge < -0.3 is 39.5 Å². The van der Waals surface area contributed by atoms with Crippen LogP contribution in [-0.4, -0.2) is 91.8 Å². The number of aryl methyl sites for hydroxylation is 1. The molecule has 1 saturated heterocycles. The molecule has 6 N–H and O–H groups in total. The zero-order valence-corrected chi connectivity index (χ0v) is 27.1. The van der Waals surface area contributed by atoms with Crippen LogP contribution >= 0.6 is 26.9 Å². The number of imidazole rings is 2. The molecule has 5 heterocycles. The summed E-state index contributed by atoms with van der Waals surface area (Å²) in [6.07, 6.45) is -0.351. The molecule has 4 aromatic rings. The smallest absolute Gasteiger partial charge is 0.388 e. The number of H-pyrrole nitrogens is 1. The number of nitrogens with one attached hydrogen (secondary N) is 1. The van der Waals surface area contributed by atoms with Crippen molar-refractivity contribution in [1.29, 1.82) is 0 Å². The zero-order chi connectivity index (χ0) is 32.8. The van der Waals surface area contributed by atoms with E-state index in [1.54, 1.807) is 16.1 Å². The molecule has 12 atom stereocenters. The molecule has 47 heavy (non-hydrogen) atoms. The van der Waals surface area contributed by atoms with E-state index >= 15 is 0 Å². The normalized spacial score (nSPS) is 44.3. The third-order valence-corrected chi connectivity index (χ3v) is 13.3. The fourth-order valence-corrected chi connectivity index (χ4v) is 11.1. The fraction of sp³-hybridized carbons (Fsp3) is 0.600. The molecule has 9 rings (SSSR count). The summed E-state index contributed by atoms with van der Waals surface area (Å²) in [4.78, 5) is 47.2. The number of fused-ring (bicyclic) bond motifs is 5. The van der Waals surface area contributed by atoms with Crippen molar-refractivity contribution in [2.45, 2.75) is 55.8 Å². The van der Waals surface area contributed by atoms with Crippen LogP contribution in [0.4, 0.5) is 5.82 Å². The van der Waals surface area contributed by atoms with Crippen LogP contribution in [0.15, 0.2) is 23.8 Å². The van der Waals surface area contributed by atoms with Gasteiger partial charge in [-0.25, -0.2) is 34.0 Å². The number of aromatic nitrogens is 8. The van der Waals surface area contributed by atoms with E-state index in [9.17, 15) is 29.0 Å². The molecule has 3 unspecified atom stereocenters. The Bertz CT molecular complexity index is 2150. The summed E-state index contributed by atoms with van der Waals surface area (Å²) in [6, 6.07) is -0.788. The molecule has 0 bridgehead atoms. The van der Waals surface area contributed by atoms with Gasteiger partial charge in [0.05, 0.1) is 37.4 Å². The number of rotatable bonds is 2. The van der Waals surface area contributed by atoms with Crippen LogP contribution in [-0.2, 0) is 32.8 Å². The maximum atomic E-state index is 13.8. The Morgan fingerprint density at radius 2 is 1.85 bits per heavy atom. The molecular formula is C25H29N9O10P2S. The van der Waals surface area contributed by atoms with Crippen LogP contribution < -0.4 is 11.3 Å². The van der Waals surface area contributed by atoms with Gasteiger partial charge in [0.1, 0.15) is 42.1 Å². The van der Waals surface area contributed by atoms with Crippen molar-refractivity contribution in [3.63, 3.8) is 0 Å². The number of hydrogen-bond acceptors (Lipinski definition) is 15. The summed E-state index contributed by atoms with van der Waals surface area (Å²) in [5, 5.41) is 23.3. The van der Waals surface area contributed by atoms with Gasteiger partial charge in [0.2, 0.25) is 0 Å². The lowest BCUT2D eigenvalue weighted by Crippen LogP contribution is -2.41. The Morgan fingerprint density at radius 1 is 1.06 bits per heavy atom. The molecule has 4 aromatic heterocycles. The Kier molecular flexibility index (Phi) is 6.24. The topological polar surface area (TPSA) is 265 Å². The molecule has 1 spiro atoms. The van der Waals surface area contributed by atoms with Crippen molar-refractivity contribution in [2.24, 2.45) is 23.2 Å². The molecule has 1 aliphatic heterocycles. The highest BCUT2D eigenvalue weighted by molar-refractivity contribution is 8.44. The van der Waals surface area contributed by atoms with Crippen LogP contribution in [0.3, 0.4) is 0 Å². The van der Waals surface area contributed by atoms with E-state index in [2.05, 4.69) is 42.2 Å². The zero-order valence-electron chi connectivity index (χ0n) is 24.4. The minimum atomic E-state index is -4.86. The highest BCUT2D eigenvalue weighted by Gasteiger charge is 2.76. The molecule has 250 valence electrons.